The Labute approximate surface area is 102 Å². The van der Waals surface area contributed by atoms with Crippen LogP contribution >= 0.6 is 0 Å². The molecule has 3 nitrogen and oxygen atoms in total. The van der Waals surface area contributed by atoms with E-state index in [0.717, 1.165) is 18.4 Å². The van der Waals surface area contributed by atoms with E-state index in [4.69, 9.17) is 0 Å². The quantitative estimate of drug-likeness (QED) is 0.594. The van der Waals surface area contributed by atoms with Crippen molar-refractivity contribution in [3.8, 4) is 0 Å². The number of sulfonamides is 1. The van der Waals surface area contributed by atoms with Crippen molar-refractivity contribution in [2.75, 3.05) is 0 Å². The molecule has 1 aliphatic heterocycles. The highest BCUT2D eigenvalue weighted by Crippen LogP contribution is 2.42. The highest BCUT2D eigenvalue weighted by atomic mass is 32.2. The molecule has 0 aromatic heterocycles. The second-order valence-corrected chi connectivity index (χ2v) is 6.57. The van der Waals surface area contributed by atoms with Crippen molar-refractivity contribution in [1.82, 2.24) is 4.31 Å². The third-order valence-electron chi connectivity index (χ3n) is 3.53. The fourth-order valence-corrected chi connectivity index (χ4v) is 4.33. The van der Waals surface area contributed by atoms with Crippen LogP contribution in [-0.4, -0.2) is 24.8 Å². The maximum absolute atomic E-state index is 12.4. The molecule has 0 spiro atoms. The van der Waals surface area contributed by atoms with Gasteiger partial charge in [-0.3, -0.25) is 0 Å². The van der Waals surface area contributed by atoms with Gasteiger partial charge in [-0.1, -0.05) is 29.8 Å². The lowest BCUT2D eigenvalue weighted by Gasteiger charge is -2.06. The molecule has 2 aliphatic rings. The first-order valence-corrected chi connectivity index (χ1v) is 7.30. The Hall–Kier alpha value is -1.13. The first-order chi connectivity index (χ1) is 8.10. The standard InChI is InChI=1S/C13H15NO2S/c1-10-6-8-11(9-7-10)17(15,16)14-12-4-2-3-5-13(12)14/h2-3,6-9,12-13H,4-5H2,1H3. The summed E-state index contributed by atoms with van der Waals surface area (Å²) in [6, 6.07) is 7.49. The summed E-state index contributed by atoms with van der Waals surface area (Å²) in [6.45, 7) is 1.96. The summed E-state index contributed by atoms with van der Waals surface area (Å²) in [4.78, 5) is 0.414. The smallest absolute Gasteiger partial charge is 0.207 e. The van der Waals surface area contributed by atoms with Crippen molar-refractivity contribution in [2.45, 2.75) is 36.7 Å². The average Bonchev–Trinajstić information content (AvgIpc) is 3.04. The van der Waals surface area contributed by atoms with Crippen LogP contribution in [-0.2, 0) is 10.0 Å². The summed E-state index contributed by atoms with van der Waals surface area (Å²) >= 11 is 0. The number of hydrogen-bond donors (Lipinski definition) is 0. The lowest BCUT2D eigenvalue weighted by atomic mass is 10.1. The second kappa shape index (κ2) is 3.68. The van der Waals surface area contributed by atoms with Crippen molar-refractivity contribution in [2.24, 2.45) is 0 Å². The number of rotatable bonds is 2. The summed E-state index contributed by atoms with van der Waals surface area (Å²) in [7, 11) is -3.27. The first-order valence-electron chi connectivity index (χ1n) is 5.86. The fraction of sp³-hybridized carbons (Fsp3) is 0.385. The van der Waals surface area contributed by atoms with E-state index in [9.17, 15) is 8.42 Å². The number of benzene rings is 1. The number of aryl methyl sites for hydroxylation is 1. The van der Waals surface area contributed by atoms with Crippen molar-refractivity contribution >= 4 is 10.0 Å². The van der Waals surface area contributed by atoms with E-state index in [1.54, 1.807) is 16.4 Å². The van der Waals surface area contributed by atoms with Gasteiger partial charge >= 0.3 is 0 Å². The first kappa shape index (κ1) is 11.0. The predicted molar refractivity (Wildman–Crippen MR) is 66.2 cm³/mol. The molecule has 0 radical (unpaired) electrons. The zero-order chi connectivity index (χ0) is 12.0. The summed E-state index contributed by atoms with van der Waals surface area (Å²) in [5, 5.41) is 0. The summed E-state index contributed by atoms with van der Waals surface area (Å²) in [5.41, 5.74) is 1.08. The average molecular weight is 249 g/mol. The van der Waals surface area contributed by atoms with Gasteiger partial charge in [0.15, 0.2) is 0 Å². The van der Waals surface area contributed by atoms with Crippen LogP contribution in [0.2, 0.25) is 0 Å². The molecule has 17 heavy (non-hydrogen) atoms. The van der Waals surface area contributed by atoms with Crippen molar-refractivity contribution < 1.29 is 8.42 Å². The van der Waals surface area contributed by atoms with E-state index < -0.39 is 10.0 Å². The van der Waals surface area contributed by atoms with Gasteiger partial charge in [0.1, 0.15) is 0 Å². The highest BCUT2D eigenvalue weighted by molar-refractivity contribution is 7.89. The third-order valence-corrected chi connectivity index (χ3v) is 5.49. The molecule has 2 unspecified atom stereocenters. The molecule has 90 valence electrons. The zero-order valence-electron chi connectivity index (χ0n) is 9.70. The molecule has 0 N–H and O–H groups in total. The molecule has 1 aromatic rings. The molecule has 1 heterocycles. The molecule has 0 saturated carbocycles. The molecule has 3 rings (SSSR count). The van der Waals surface area contributed by atoms with Gasteiger partial charge < -0.3 is 0 Å². The van der Waals surface area contributed by atoms with Crippen molar-refractivity contribution in [3.63, 3.8) is 0 Å². The van der Waals surface area contributed by atoms with E-state index in [-0.39, 0.29) is 12.1 Å². The van der Waals surface area contributed by atoms with Crippen LogP contribution in [0.25, 0.3) is 0 Å². The Morgan fingerprint density at radius 2 is 1.59 bits per heavy atom. The zero-order valence-corrected chi connectivity index (χ0v) is 10.5. The highest BCUT2D eigenvalue weighted by Gasteiger charge is 2.54. The monoisotopic (exact) mass is 249 g/mol. The van der Waals surface area contributed by atoms with Gasteiger partial charge in [0.25, 0.3) is 0 Å². The normalized spacial score (nSPS) is 31.0. The Kier molecular flexibility index (Phi) is 2.38. The van der Waals surface area contributed by atoms with Gasteiger partial charge in [0, 0.05) is 12.1 Å². The lowest BCUT2D eigenvalue weighted by molar-refractivity contribution is 0.546. The topological polar surface area (TPSA) is 37.1 Å². The minimum Gasteiger partial charge on any atom is -0.207 e. The van der Waals surface area contributed by atoms with E-state index in [0.29, 0.717) is 4.90 Å². The van der Waals surface area contributed by atoms with Gasteiger partial charge in [-0.25, -0.2) is 8.42 Å². The molecule has 2 atom stereocenters. The Balaban J connectivity index is 1.90. The minimum absolute atomic E-state index is 0.200. The van der Waals surface area contributed by atoms with E-state index >= 15 is 0 Å². The van der Waals surface area contributed by atoms with Gasteiger partial charge in [-0.15, -0.1) is 0 Å². The molecule has 0 bridgehead atoms. The molecule has 0 amide bonds. The predicted octanol–water partition coefficient (Wildman–Crippen LogP) is 2.09. The van der Waals surface area contributed by atoms with Gasteiger partial charge in [-0.05, 0) is 31.9 Å². The Morgan fingerprint density at radius 1 is 1.06 bits per heavy atom. The summed E-state index contributed by atoms with van der Waals surface area (Å²) in [6.07, 6.45) is 5.86. The fourth-order valence-electron chi connectivity index (χ4n) is 2.49. The van der Waals surface area contributed by atoms with Crippen LogP contribution < -0.4 is 0 Å². The molecule has 1 aromatic carbocycles. The van der Waals surface area contributed by atoms with Gasteiger partial charge in [0.05, 0.1) is 4.90 Å². The van der Waals surface area contributed by atoms with E-state index in [2.05, 4.69) is 12.2 Å². The van der Waals surface area contributed by atoms with E-state index in [1.165, 1.54) is 0 Å². The van der Waals surface area contributed by atoms with Crippen LogP contribution in [0.4, 0.5) is 0 Å². The van der Waals surface area contributed by atoms with Crippen LogP contribution in [0.3, 0.4) is 0 Å². The van der Waals surface area contributed by atoms with Crippen molar-refractivity contribution in [1.29, 1.82) is 0 Å². The molecule has 1 saturated heterocycles. The van der Waals surface area contributed by atoms with Crippen molar-refractivity contribution in [3.05, 3.63) is 42.0 Å². The van der Waals surface area contributed by atoms with Crippen LogP contribution in [0, 0.1) is 6.92 Å². The number of fused-ring (bicyclic) bond motifs is 1. The maximum Gasteiger partial charge on any atom is 0.243 e. The summed E-state index contributed by atoms with van der Waals surface area (Å²) in [5.74, 6) is 0. The van der Waals surface area contributed by atoms with Crippen LogP contribution in [0.1, 0.15) is 18.4 Å². The Bertz CT molecular complexity index is 546. The maximum atomic E-state index is 12.4. The minimum atomic E-state index is -3.27. The SMILES string of the molecule is Cc1ccc(S(=O)(=O)N2C3CC=CCC32)cc1. The van der Waals surface area contributed by atoms with Crippen LogP contribution in [0.15, 0.2) is 41.3 Å². The van der Waals surface area contributed by atoms with Crippen LogP contribution in [0.5, 0.6) is 0 Å². The van der Waals surface area contributed by atoms with E-state index in [1.807, 2.05) is 19.1 Å². The number of hydrogen-bond acceptors (Lipinski definition) is 2. The van der Waals surface area contributed by atoms with Gasteiger partial charge in [-0.2, -0.15) is 4.31 Å². The molecule has 1 fully saturated rings. The lowest BCUT2D eigenvalue weighted by Crippen LogP contribution is -2.15. The molecule has 1 aliphatic carbocycles. The van der Waals surface area contributed by atoms with Gasteiger partial charge in [0.2, 0.25) is 10.0 Å². The second-order valence-electron chi connectivity index (χ2n) is 4.73. The largest absolute Gasteiger partial charge is 0.243 e. The molecular weight excluding hydrogens is 234 g/mol. The Morgan fingerprint density at radius 3 is 2.12 bits per heavy atom. The summed E-state index contributed by atoms with van der Waals surface area (Å²) < 4.78 is 26.4. The molecular formula is C13H15NO2S. The third kappa shape index (κ3) is 1.72. The number of nitrogens with zero attached hydrogens (tertiary/aromatic N) is 1. The molecule has 4 heteroatoms.